The Balaban J connectivity index is 1.62. The summed E-state index contributed by atoms with van der Waals surface area (Å²) in [4.78, 5) is 11.9. The third-order valence-corrected chi connectivity index (χ3v) is 3.86. The number of anilines is 1. The first-order chi connectivity index (χ1) is 8.56. The molecule has 0 bridgehead atoms. The van der Waals surface area contributed by atoms with Gasteiger partial charge in [-0.25, -0.2) is 0 Å². The van der Waals surface area contributed by atoms with Crippen molar-refractivity contribution in [2.24, 2.45) is 11.3 Å². The van der Waals surface area contributed by atoms with Gasteiger partial charge in [0.25, 0.3) is 0 Å². The highest BCUT2D eigenvalue weighted by molar-refractivity contribution is 5.93. The van der Waals surface area contributed by atoms with Crippen LogP contribution in [0.15, 0.2) is 4.42 Å². The number of carbonyl (C=O) groups is 1. The molecule has 1 aliphatic carbocycles. The van der Waals surface area contributed by atoms with Crippen LogP contribution in [-0.2, 0) is 4.79 Å². The Morgan fingerprint density at radius 1 is 1.50 bits per heavy atom. The quantitative estimate of drug-likeness (QED) is 0.849. The first-order valence-corrected chi connectivity index (χ1v) is 6.44. The van der Waals surface area contributed by atoms with Gasteiger partial charge in [0.15, 0.2) is 0 Å². The largest absolute Gasteiger partial charge is 0.406 e. The van der Waals surface area contributed by atoms with E-state index >= 15 is 0 Å². The molecule has 1 amide bonds. The molecule has 1 saturated heterocycles. The Morgan fingerprint density at radius 3 is 2.89 bits per heavy atom. The smallest absolute Gasteiger partial charge is 0.322 e. The van der Waals surface area contributed by atoms with Gasteiger partial charge in [-0.15, -0.1) is 5.10 Å². The molecule has 2 fully saturated rings. The minimum atomic E-state index is -0.0189. The van der Waals surface area contributed by atoms with Crippen LogP contribution in [0.25, 0.3) is 0 Å². The summed E-state index contributed by atoms with van der Waals surface area (Å²) >= 11 is 0. The van der Waals surface area contributed by atoms with E-state index in [-0.39, 0.29) is 29.3 Å². The van der Waals surface area contributed by atoms with Crippen LogP contribution in [-0.4, -0.2) is 22.6 Å². The summed E-state index contributed by atoms with van der Waals surface area (Å²) in [6.45, 7) is 5.14. The number of hydrogen-bond acceptors (Lipinski definition) is 5. The first kappa shape index (κ1) is 11.6. The van der Waals surface area contributed by atoms with E-state index in [9.17, 15) is 4.79 Å². The average Bonchev–Trinajstić information content (AvgIpc) is 2.81. The van der Waals surface area contributed by atoms with Crippen molar-refractivity contribution >= 4 is 11.9 Å². The van der Waals surface area contributed by atoms with Crippen molar-refractivity contribution in [3.8, 4) is 0 Å². The van der Waals surface area contributed by atoms with Crippen molar-refractivity contribution in [3.05, 3.63) is 5.89 Å². The highest BCUT2D eigenvalue weighted by Crippen LogP contribution is 2.51. The van der Waals surface area contributed by atoms with E-state index in [1.54, 1.807) is 0 Å². The van der Waals surface area contributed by atoms with Gasteiger partial charge in [0.05, 0.1) is 6.04 Å². The number of amides is 1. The highest BCUT2D eigenvalue weighted by atomic mass is 16.4. The molecule has 2 heterocycles. The number of aromatic nitrogens is 2. The average molecular weight is 250 g/mol. The second kappa shape index (κ2) is 4.05. The van der Waals surface area contributed by atoms with Crippen LogP contribution in [0.2, 0.25) is 0 Å². The summed E-state index contributed by atoms with van der Waals surface area (Å²) in [6, 6.07) is 0.354. The predicted octanol–water partition coefficient (Wildman–Crippen LogP) is 1.48. The normalized spacial score (nSPS) is 29.2. The van der Waals surface area contributed by atoms with Crippen LogP contribution in [0.4, 0.5) is 6.01 Å². The molecule has 1 aromatic rings. The maximum atomic E-state index is 11.9. The van der Waals surface area contributed by atoms with Crippen molar-refractivity contribution in [3.63, 3.8) is 0 Å². The zero-order valence-corrected chi connectivity index (χ0v) is 10.7. The molecule has 98 valence electrons. The fraction of sp³-hybridized carbons (Fsp3) is 0.750. The van der Waals surface area contributed by atoms with E-state index in [0.717, 1.165) is 25.8 Å². The number of rotatable bonds is 3. The summed E-state index contributed by atoms with van der Waals surface area (Å²) < 4.78 is 5.47. The number of nitrogens with one attached hydrogen (secondary N) is 2. The molecule has 0 radical (unpaired) electrons. The fourth-order valence-electron chi connectivity index (χ4n) is 2.43. The van der Waals surface area contributed by atoms with Gasteiger partial charge in [0, 0.05) is 5.92 Å². The maximum Gasteiger partial charge on any atom is 0.322 e. The van der Waals surface area contributed by atoms with Crippen LogP contribution >= 0.6 is 0 Å². The van der Waals surface area contributed by atoms with E-state index < -0.39 is 0 Å². The van der Waals surface area contributed by atoms with Gasteiger partial charge in [-0.1, -0.05) is 18.9 Å². The molecule has 18 heavy (non-hydrogen) atoms. The third kappa shape index (κ3) is 2.12. The van der Waals surface area contributed by atoms with Crippen molar-refractivity contribution in [2.45, 2.75) is 39.2 Å². The second-order valence-electron chi connectivity index (χ2n) is 5.83. The zero-order chi connectivity index (χ0) is 12.8. The molecule has 2 aliphatic rings. The van der Waals surface area contributed by atoms with Crippen molar-refractivity contribution in [1.29, 1.82) is 0 Å². The van der Waals surface area contributed by atoms with Gasteiger partial charge in [-0.2, -0.15) is 0 Å². The van der Waals surface area contributed by atoms with Crippen LogP contribution in [0.3, 0.4) is 0 Å². The number of hydrogen-bond donors (Lipinski definition) is 2. The molecule has 0 aromatic carbocycles. The van der Waals surface area contributed by atoms with Crippen molar-refractivity contribution in [1.82, 2.24) is 15.5 Å². The molecule has 2 N–H and O–H groups in total. The summed E-state index contributed by atoms with van der Waals surface area (Å²) in [5, 5.41) is 13.8. The predicted molar refractivity (Wildman–Crippen MR) is 64.8 cm³/mol. The van der Waals surface area contributed by atoms with Gasteiger partial charge in [-0.3, -0.25) is 10.1 Å². The molecular weight excluding hydrogens is 232 g/mol. The van der Waals surface area contributed by atoms with Gasteiger partial charge in [0.1, 0.15) is 0 Å². The molecule has 1 saturated carbocycles. The van der Waals surface area contributed by atoms with Crippen LogP contribution < -0.4 is 10.6 Å². The Hall–Kier alpha value is -1.43. The molecule has 2 atom stereocenters. The molecule has 1 aromatic heterocycles. The Morgan fingerprint density at radius 2 is 2.28 bits per heavy atom. The fourth-order valence-corrected chi connectivity index (χ4v) is 2.43. The molecule has 6 nitrogen and oxygen atoms in total. The summed E-state index contributed by atoms with van der Waals surface area (Å²) in [5.74, 6) is 0.616. The van der Waals surface area contributed by atoms with Crippen LogP contribution in [0.1, 0.15) is 45.0 Å². The first-order valence-electron chi connectivity index (χ1n) is 6.44. The van der Waals surface area contributed by atoms with Gasteiger partial charge >= 0.3 is 6.01 Å². The van der Waals surface area contributed by atoms with Gasteiger partial charge in [-0.05, 0) is 31.2 Å². The molecule has 2 unspecified atom stereocenters. The lowest BCUT2D eigenvalue weighted by Gasteiger charge is -2.03. The summed E-state index contributed by atoms with van der Waals surface area (Å²) in [6.07, 6.45) is 3.04. The minimum Gasteiger partial charge on any atom is -0.406 e. The third-order valence-electron chi connectivity index (χ3n) is 3.86. The lowest BCUT2D eigenvalue weighted by atomic mass is 10.1. The Bertz CT molecular complexity index is 462. The molecule has 3 rings (SSSR count). The lowest BCUT2D eigenvalue weighted by molar-refractivity contribution is -0.118. The van der Waals surface area contributed by atoms with Gasteiger partial charge in [0.2, 0.25) is 11.8 Å². The van der Waals surface area contributed by atoms with E-state index in [0.29, 0.717) is 5.89 Å². The lowest BCUT2D eigenvalue weighted by Crippen LogP contribution is -2.16. The SMILES string of the molecule is CC1(C)CC1C(=O)Nc1nnc(C2CCCN2)o1. The molecular formula is C12H18N4O2. The van der Waals surface area contributed by atoms with Gasteiger partial charge < -0.3 is 9.73 Å². The number of nitrogens with zero attached hydrogens (tertiary/aromatic N) is 2. The molecule has 1 aliphatic heterocycles. The Labute approximate surface area is 106 Å². The van der Waals surface area contributed by atoms with Crippen LogP contribution in [0, 0.1) is 11.3 Å². The van der Waals surface area contributed by atoms with E-state index in [1.165, 1.54) is 0 Å². The molecule has 6 heteroatoms. The molecule has 0 spiro atoms. The highest BCUT2D eigenvalue weighted by Gasteiger charge is 2.50. The topological polar surface area (TPSA) is 80.0 Å². The number of carbonyl (C=O) groups excluding carboxylic acids is 1. The van der Waals surface area contributed by atoms with E-state index in [4.69, 9.17) is 4.42 Å². The van der Waals surface area contributed by atoms with E-state index in [1.807, 2.05) is 0 Å². The zero-order valence-electron chi connectivity index (χ0n) is 10.7. The van der Waals surface area contributed by atoms with Crippen LogP contribution in [0.5, 0.6) is 0 Å². The van der Waals surface area contributed by atoms with Crippen molar-refractivity contribution < 1.29 is 9.21 Å². The monoisotopic (exact) mass is 250 g/mol. The maximum absolute atomic E-state index is 11.9. The summed E-state index contributed by atoms with van der Waals surface area (Å²) in [5.41, 5.74) is 0.111. The van der Waals surface area contributed by atoms with Crippen molar-refractivity contribution in [2.75, 3.05) is 11.9 Å². The van der Waals surface area contributed by atoms with E-state index in [2.05, 4.69) is 34.7 Å². The second-order valence-corrected chi connectivity index (χ2v) is 5.83. The summed E-state index contributed by atoms with van der Waals surface area (Å²) in [7, 11) is 0. The Kier molecular flexibility index (Phi) is 2.62. The standard InChI is InChI=1S/C12H18N4O2/c1-12(2)6-7(12)9(17)14-11-16-15-10(18-11)8-4-3-5-13-8/h7-8,13H,3-6H2,1-2H3,(H,14,16,17). The minimum absolute atomic E-state index is 0.0189.